The molecular weight excluding hydrogens is 406 g/mol. The Kier molecular flexibility index (Phi) is 3.96. The Bertz CT molecular complexity index is 1340. The lowest BCUT2D eigenvalue weighted by Crippen LogP contribution is -2.44. The number of carbonyl (C=O) groups excluding carboxylic acids is 2. The Morgan fingerprint density at radius 1 is 1.22 bits per heavy atom. The molecule has 2 aliphatic heterocycles. The molecule has 1 fully saturated rings. The van der Waals surface area contributed by atoms with Crippen molar-refractivity contribution in [3.8, 4) is 0 Å². The largest absolute Gasteiger partial charge is 0.336 e. The molecule has 3 aromatic rings. The maximum atomic E-state index is 13.8. The number of hydrogen-bond acceptors (Lipinski definition) is 4. The topological polar surface area (TPSA) is 100 Å². The lowest BCUT2D eigenvalue weighted by atomic mass is 9.74. The van der Waals surface area contributed by atoms with E-state index in [1.807, 2.05) is 42.1 Å². The summed E-state index contributed by atoms with van der Waals surface area (Å²) >= 11 is 0. The van der Waals surface area contributed by atoms with Gasteiger partial charge >= 0.3 is 0 Å². The number of nitrogens with one attached hydrogen (secondary N) is 2. The molecule has 0 radical (unpaired) electrons. The van der Waals surface area contributed by atoms with E-state index >= 15 is 0 Å². The second-order valence-corrected chi connectivity index (χ2v) is 8.89. The lowest BCUT2D eigenvalue weighted by molar-refractivity contribution is -0.121. The summed E-state index contributed by atoms with van der Waals surface area (Å²) in [6.45, 7) is 0.356. The normalized spacial score (nSPS) is 23.5. The highest BCUT2D eigenvalue weighted by molar-refractivity contribution is 6.08. The SMILES string of the molecule is Cn1ccnc1[C@@H]1N(C(=O)c2cc3c([nH]c2=O)CCC3)CC[C@]12C(=O)Nc1ccccc12. The van der Waals surface area contributed by atoms with Gasteiger partial charge in [-0.2, -0.15) is 0 Å². The molecule has 6 rings (SSSR count). The number of anilines is 1. The summed E-state index contributed by atoms with van der Waals surface area (Å²) in [5.41, 5.74) is 2.40. The maximum absolute atomic E-state index is 13.8. The second kappa shape index (κ2) is 6.66. The van der Waals surface area contributed by atoms with E-state index in [9.17, 15) is 14.4 Å². The molecule has 4 heterocycles. The summed E-state index contributed by atoms with van der Waals surface area (Å²) in [5, 5.41) is 3.00. The smallest absolute Gasteiger partial charge is 0.261 e. The van der Waals surface area contributed by atoms with Crippen LogP contribution < -0.4 is 10.9 Å². The predicted molar refractivity (Wildman–Crippen MR) is 117 cm³/mol. The number of nitrogens with zero attached hydrogens (tertiary/aromatic N) is 3. The Hall–Kier alpha value is -3.68. The van der Waals surface area contributed by atoms with Crippen LogP contribution in [0, 0.1) is 0 Å². The van der Waals surface area contributed by atoms with Crippen LogP contribution in [0.1, 0.15) is 51.9 Å². The molecule has 2 N–H and O–H groups in total. The number of aromatic nitrogens is 3. The molecule has 1 aromatic carbocycles. The Morgan fingerprint density at radius 3 is 2.88 bits per heavy atom. The van der Waals surface area contributed by atoms with Crippen molar-refractivity contribution in [3.63, 3.8) is 0 Å². The summed E-state index contributed by atoms with van der Waals surface area (Å²) in [5.74, 6) is 0.133. The number of para-hydroxylation sites is 1. The summed E-state index contributed by atoms with van der Waals surface area (Å²) in [6, 6.07) is 8.74. The number of amides is 2. The van der Waals surface area contributed by atoms with E-state index in [-0.39, 0.29) is 22.9 Å². The first kappa shape index (κ1) is 19.0. The van der Waals surface area contributed by atoms with Crippen molar-refractivity contribution in [2.24, 2.45) is 7.05 Å². The van der Waals surface area contributed by atoms with Gasteiger partial charge in [0.15, 0.2) is 0 Å². The van der Waals surface area contributed by atoms with E-state index < -0.39 is 11.5 Å². The third-order valence-electron chi connectivity index (χ3n) is 7.27. The van der Waals surface area contributed by atoms with Gasteiger partial charge in [-0.15, -0.1) is 0 Å². The number of fused-ring (bicyclic) bond motifs is 3. The van der Waals surface area contributed by atoms with Crippen LogP contribution >= 0.6 is 0 Å². The van der Waals surface area contributed by atoms with Gasteiger partial charge in [0.1, 0.15) is 22.8 Å². The highest BCUT2D eigenvalue weighted by Crippen LogP contribution is 2.54. The minimum absolute atomic E-state index is 0.133. The Labute approximate surface area is 184 Å². The van der Waals surface area contributed by atoms with Crippen molar-refractivity contribution in [3.05, 3.63) is 81.3 Å². The zero-order valence-electron chi connectivity index (χ0n) is 17.7. The fourth-order valence-electron chi connectivity index (χ4n) is 5.73. The summed E-state index contributed by atoms with van der Waals surface area (Å²) in [7, 11) is 1.86. The molecule has 8 nitrogen and oxygen atoms in total. The van der Waals surface area contributed by atoms with Gasteiger partial charge < -0.3 is 19.8 Å². The number of carbonyl (C=O) groups is 2. The molecule has 2 aromatic heterocycles. The van der Waals surface area contributed by atoms with Gasteiger partial charge in [-0.05, 0) is 48.9 Å². The van der Waals surface area contributed by atoms with Crippen LogP contribution in [-0.2, 0) is 30.1 Å². The van der Waals surface area contributed by atoms with Crippen LogP contribution in [0.5, 0.6) is 0 Å². The van der Waals surface area contributed by atoms with E-state index in [0.717, 1.165) is 41.8 Å². The summed E-state index contributed by atoms with van der Waals surface area (Å²) < 4.78 is 1.85. The number of hydrogen-bond donors (Lipinski definition) is 2. The van der Waals surface area contributed by atoms with Crippen LogP contribution in [0.4, 0.5) is 5.69 Å². The Balaban J connectivity index is 1.51. The molecule has 8 heteroatoms. The molecule has 2 atom stereocenters. The minimum Gasteiger partial charge on any atom is -0.336 e. The van der Waals surface area contributed by atoms with Crippen LogP contribution in [0.25, 0.3) is 0 Å². The highest BCUT2D eigenvalue weighted by Gasteiger charge is 2.60. The third-order valence-corrected chi connectivity index (χ3v) is 7.27. The molecule has 0 saturated carbocycles. The number of benzene rings is 1. The summed E-state index contributed by atoms with van der Waals surface area (Å²) in [6.07, 6.45) is 6.61. The van der Waals surface area contributed by atoms with Gasteiger partial charge in [0.25, 0.3) is 11.5 Å². The average Bonchev–Trinajstić information content (AvgIpc) is 3.54. The first-order valence-corrected chi connectivity index (χ1v) is 10.9. The molecule has 1 spiro atoms. The number of likely N-dealkylation sites (tertiary alicyclic amines) is 1. The van der Waals surface area contributed by atoms with E-state index in [0.29, 0.717) is 18.8 Å². The zero-order valence-corrected chi connectivity index (χ0v) is 17.7. The predicted octanol–water partition coefficient (Wildman–Crippen LogP) is 2.07. The molecule has 162 valence electrons. The standard InChI is InChI=1S/C24H23N5O3/c1-28-12-10-25-20(28)19-24(16-6-2-3-7-18(16)27-23(24)32)9-11-29(19)22(31)15-13-14-5-4-8-17(14)26-21(15)30/h2-3,6-7,10,12-13,19H,4-5,8-9,11H2,1H3,(H,26,30)(H,27,32)/t19-,24+/m0/s1. The molecule has 1 aliphatic carbocycles. The van der Waals surface area contributed by atoms with Crippen molar-refractivity contribution < 1.29 is 9.59 Å². The monoisotopic (exact) mass is 429 g/mol. The fraction of sp³-hybridized carbons (Fsp3) is 0.333. The molecule has 1 saturated heterocycles. The van der Waals surface area contributed by atoms with Gasteiger partial charge in [-0.1, -0.05) is 18.2 Å². The van der Waals surface area contributed by atoms with Gasteiger partial charge in [0, 0.05) is 37.4 Å². The number of H-pyrrole nitrogens is 1. The van der Waals surface area contributed by atoms with Crippen molar-refractivity contribution in [1.29, 1.82) is 0 Å². The van der Waals surface area contributed by atoms with Crippen LogP contribution in [0.2, 0.25) is 0 Å². The van der Waals surface area contributed by atoms with Crippen molar-refractivity contribution in [2.75, 3.05) is 11.9 Å². The number of imidazole rings is 1. The summed E-state index contributed by atoms with van der Waals surface area (Å²) in [4.78, 5) is 49.1. The van der Waals surface area contributed by atoms with E-state index in [2.05, 4.69) is 15.3 Å². The van der Waals surface area contributed by atoms with E-state index in [1.54, 1.807) is 17.2 Å². The second-order valence-electron chi connectivity index (χ2n) is 8.89. The average molecular weight is 429 g/mol. The van der Waals surface area contributed by atoms with Crippen molar-refractivity contribution in [1.82, 2.24) is 19.4 Å². The quantitative estimate of drug-likeness (QED) is 0.651. The zero-order chi connectivity index (χ0) is 22.0. The van der Waals surface area contributed by atoms with Crippen LogP contribution in [-0.4, -0.2) is 37.8 Å². The van der Waals surface area contributed by atoms with Gasteiger partial charge in [-0.3, -0.25) is 14.4 Å². The maximum Gasteiger partial charge on any atom is 0.261 e. The van der Waals surface area contributed by atoms with E-state index in [1.165, 1.54) is 0 Å². The molecule has 0 bridgehead atoms. The van der Waals surface area contributed by atoms with E-state index in [4.69, 9.17) is 0 Å². The highest BCUT2D eigenvalue weighted by atomic mass is 16.2. The molecule has 3 aliphatic rings. The third kappa shape index (κ3) is 2.43. The van der Waals surface area contributed by atoms with Gasteiger partial charge in [0.2, 0.25) is 5.91 Å². The van der Waals surface area contributed by atoms with Crippen LogP contribution in [0.15, 0.2) is 47.5 Å². The van der Waals surface area contributed by atoms with Gasteiger partial charge in [-0.25, -0.2) is 4.98 Å². The van der Waals surface area contributed by atoms with Gasteiger partial charge in [0.05, 0.1) is 0 Å². The van der Waals surface area contributed by atoms with Crippen molar-refractivity contribution >= 4 is 17.5 Å². The molecule has 0 unspecified atom stereocenters. The Morgan fingerprint density at radius 2 is 2.06 bits per heavy atom. The first-order chi connectivity index (χ1) is 15.5. The lowest BCUT2D eigenvalue weighted by Gasteiger charge is -2.33. The van der Waals surface area contributed by atoms with Crippen molar-refractivity contribution in [2.45, 2.75) is 37.1 Å². The molecule has 32 heavy (non-hydrogen) atoms. The first-order valence-electron chi connectivity index (χ1n) is 10.9. The molecule has 2 amide bonds. The number of rotatable bonds is 2. The fourth-order valence-corrected chi connectivity index (χ4v) is 5.73. The number of aromatic amines is 1. The number of pyridine rings is 1. The van der Waals surface area contributed by atoms with Crippen LogP contribution in [0.3, 0.4) is 0 Å². The number of aryl methyl sites for hydroxylation is 3. The molecular formula is C24H23N5O3. The minimum atomic E-state index is -0.950.